The number of imidazole rings is 1. The third-order valence-corrected chi connectivity index (χ3v) is 2.69. The Morgan fingerprint density at radius 3 is 2.72 bits per heavy atom. The lowest BCUT2D eigenvalue weighted by Gasteiger charge is -2.06. The summed E-state index contributed by atoms with van der Waals surface area (Å²) in [7, 11) is 0. The van der Waals surface area contributed by atoms with Crippen LogP contribution in [-0.4, -0.2) is 15.3 Å². The number of hydrogen-bond donors (Lipinski definition) is 1. The number of fused-ring (bicyclic) bond motifs is 1. The van der Waals surface area contributed by atoms with Gasteiger partial charge in [0.05, 0.1) is 0 Å². The molecule has 3 aromatic rings. The molecule has 0 atom stereocenters. The van der Waals surface area contributed by atoms with Crippen molar-refractivity contribution in [2.24, 2.45) is 0 Å². The van der Waals surface area contributed by atoms with Crippen molar-refractivity contribution in [3.8, 4) is 0 Å². The van der Waals surface area contributed by atoms with Gasteiger partial charge in [0.25, 0.3) is 5.91 Å². The van der Waals surface area contributed by atoms with Crippen molar-refractivity contribution in [2.45, 2.75) is 0 Å². The molecule has 18 heavy (non-hydrogen) atoms. The number of amides is 1. The molecule has 0 radical (unpaired) electrons. The molecule has 0 aliphatic carbocycles. The van der Waals surface area contributed by atoms with Gasteiger partial charge in [-0.25, -0.2) is 4.98 Å². The average molecular weight is 237 g/mol. The molecule has 1 aromatic carbocycles. The zero-order chi connectivity index (χ0) is 12.4. The molecule has 4 heteroatoms. The lowest BCUT2D eigenvalue weighted by molar-refractivity contribution is 0.102. The fourth-order valence-corrected chi connectivity index (χ4v) is 1.85. The first-order valence-corrected chi connectivity index (χ1v) is 5.63. The summed E-state index contributed by atoms with van der Waals surface area (Å²) >= 11 is 0. The Balaban J connectivity index is 1.95. The first-order valence-electron chi connectivity index (χ1n) is 5.63. The van der Waals surface area contributed by atoms with Crippen molar-refractivity contribution in [3.05, 3.63) is 66.6 Å². The molecule has 0 aliphatic rings. The van der Waals surface area contributed by atoms with Gasteiger partial charge in [-0.05, 0) is 24.3 Å². The van der Waals surface area contributed by atoms with Gasteiger partial charge in [-0.3, -0.25) is 9.20 Å². The Morgan fingerprint density at radius 2 is 1.89 bits per heavy atom. The molecule has 3 rings (SSSR count). The van der Waals surface area contributed by atoms with Crippen LogP contribution in [0.25, 0.3) is 5.65 Å². The van der Waals surface area contributed by atoms with Gasteiger partial charge in [-0.15, -0.1) is 0 Å². The van der Waals surface area contributed by atoms with E-state index in [4.69, 9.17) is 0 Å². The molecule has 0 unspecified atom stereocenters. The summed E-state index contributed by atoms with van der Waals surface area (Å²) in [6.07, 6.45) is 3.45. The van der Waals surface area contributed by atoms with Gasteiger partial charge in [-0.2, -0.15) is 0 Å². The highest BCUT2D eigenvalue weighted by atomic mass is 16.1. The van der Waals surface area contributed by atoms with E-state index in [1.165, 1.54) is 0 Å². The number of nitrogens with one attached hydrogen (secondary N) is 1. The number of pyridine rings is 1. The van der Waals surface area contributed by atoms with Gasteiger partial charge in [-0.1, -0.05) is 24.3 Å². The summed E-state index contributed by atoms with van der Waals surface area (Å²) in [4.78, 5) is 16.3. The number of carbonyl (C=O) groups excluding carboxylic acids is 1. The van der Waals surface area contributed by atoms with E-state index in [0.29, 0.717) is 5.69 Å². The van der Waals surface area contributed by atoms with E-state index in [1.54, 1.807) is 22.9 Å². The standard InChI is InChI=1S/C14H11N3O/c18-14(16-11-5-2-1-3-6-11)12-7-4-8-13-15-9-10-17(12)13/h1-10H,(H,16,18). The molecule has 0 bridgehead atoms. The molecule has 4 nitrogen and oxygen atoms in total. The summed E-state index contributed by atoms with van der Waals surface area (Å²) in [6, 6.07) is 14.8. The second-order valence-electron chi connectivity index (χ2n) is 3.89. The Labute approximate surface area is 104 Å². The van der Waals surface area contributed by atoms with Crippen LogP contribution in [-0.2, 0) is 0 Å². The monoisotopic (exact) mass is 237 g/mol. The van der Waals surface area contributed by atoms with Crippen LogP contribution in [0.2, 0.25) is 0 Å². The molecule has 0 spiro atoms. The smallest absolute Gasteiger partial charge is 0.272 e. The maximum absolute atomic E-state index is 12.2. The van der Waals surface area contributed by atoms with Crippen molar-refractivity contribution in [3.63, 3.8) is 0 Å². The molecule has 0 saturated carbocycles. The van der Waals surface area contributed by atoms with Gasteiger partial charge in [0, 0.05) is 18.1 Å². The van der Waals surface area contributed by atoms with Crippen LogP contribution in [0.3, 0.4) is 0 Å². The maximum Gasteiger partial charge on any atom is 0.272 e. The van der Waals surface area contributed by atoms with E-state index >= 15 is 0 Å². The van der Waals surface area contributed by atoms with Crippen LogP contribution in [0.5, 0.6) is 0 Å². The van der Waals surface area contributed by atoms with Gasteiger partial charge < -0.3 is 5.32 Å². The van der Waals surface area contributed by atoms with Crippen LogP contribution in [0.4, 0.5) is 5.69 Å². The predicted molar refractivity (Wildman–Crippen MR) is 69.6 cm³/mol. The van der Waals surface area contributed by atoms with Crippen LogP contribution in [0.1, 0.15) is 10.5 Å². The average Bonchev–Trinajstić information content (AvgIpc) is 2.87. The highest BCUT2D eigenvalue weighted by Crippen LogP contribution is 2.10. The molecule has 2 aromatic heterocycles. The Hall–Kier alpha value is -2.62. The summed E-state index contributed by atoms with van der Waals surface area (Å²) in [6.45, 7) is 0. The number of hydrogen-bond acceptors (Lipinski definition) is 2. The summed E-state index contributed by atoms with van der Waals surface area (Å²) < 4.78 is 1.76. The van der Waals surface area contributed by atoms with Gasteiger partial charge in [0.1, 0.15) is 11.3 Å². The molecule has 1 N–H and O–H groups in total. The van der Waals surface area contributed by atoms with E-state index in [2.05, 4.69) is 10.3 Å². The minimum atomic E-state index is -0.148. The minimum absolute atomic E-state index is 0.148. The molecular weight excluding hydrogens is 226 g/mol. The largest absolute Gasteiger partial charge is 0.321 e. The lowest BCUT2D eigenvalue weighted by atomic mass is 10.3. The summed E-state index contributed by atoms with van der Waals surface area (Å²) in [5.41, 5.74) is 2.10. The van der Waals surface area contributed by atoms with E-state index in [9.17, 15) is 4.79 Å². The maximum atomic E-state index is 12.2. The molecule has 0 fully saturated rings. The summed E-state index contributed by atoms with van der Waals surface area (Å²) in [5.74, 6) is -0.148. The van der Waals surface area contributed by atoms with Gasteiger partial charge in [0.2, 0.25) is 0 Å². The number of benzene rings is 1. The number of aromatic nitrogens is 2. The Bertz CT molecular complexity index is 688. The highest BCUT2D eigenvalue weighted by Gasteiger charge is 2.09. The van der Waals surface area contributed by atoms with Crippen LogP contribution >= 0.6 is 0 Å². The lowest BCUT2D eigenvalue weighted by Crippen LogP contribution is -2.15. The minimum Gasteiger partial charge on any atom is -0.321 e. The topological polar surface area (TPSA) is 46.4 Å². The number of rotatable bonds is 2. The van der Waals surface area contributed by atoms with Crippen LogP contribution < -0.4 is 5.32 Å². The third kappa shape index (κ3) is 1.84. The van der Waals surface area contributed by atoms with Crippen molar-refractivity contribution in [2.75, 3.05) is 5.32 Å². The number of para-hydroxylation sites is 1. The van der Waals surface area contributed by atoms with Gasteiger partial charge >= 0.3 is 0 Å². The van der Waals surface area contributed by atoms with Crippen molar-refractivity contribution in [1.29, 1.82) is 0 Å². The molecule has 1 amide bonds. The number of anilines is 1. The first kappa shape index (κ1) is 10.5. The zero-order valence-electron chi connectivity index (χ0n) is 9.58. The van der Waals surface area contributed by atoms with Crippen molar-refractivity contribution >= 4 is 17.2 Å². The van der Waals surface area contributed by atoms with Crippen LogP contribution in [0.15, 0.2) is 60.9 Å². The van der Waals surface area contributed by atoms with E-state index in [1.807, 2.05) is 42.5 Å². The zero-order valence-corrected chi connectivity index (χ0v) is 9.58. The van der Waals surface area contributed by atoms with Crippen molar-refractivity contribution in [1.82, 2.24) is 9.38 Å². The Morgan fingerprint density at radius 1 is 1.06 bits per heavy atom. The SMILES string of the molecule is O=C(Nc1ccccc1)c1cccc2nccn12. The predicted octanol–water partition coefficient (Wildman–Crippen LogP) is 2.59. The second kappa shape index (κ2) is 4.33. The Kier molecular flexibility index (Phi) is 2.53. The second-order valence-corrected chi connectivity index (χ2v) is 3.89. The number of nitrogens with zero attached hydrogens (tertiary/aromatic N) is 2. The molecule has 0 saturated heterocycles. The van der Waals surface area contributed by atoms with E-state index in [0.717, 1.165) is 11.3 Å². The van der Waals surface area contributed by atoms with E-state index in [-0.39, 0.29) is 5.91 Å². The van der Waals surface area contributed by atoms with Gasteiger partial charge in [0.15, 0.2) is 0 Å². The quantitative estimate of drug-likeness (QED) is 0.744. The number of carbonyl (C=O) groups is 1. The molecular formula is C14H11N3O. The van der Waals surface area contributed by atoms with Crippen LogP contribution in [0, 0.1) is 0 Å². The van der Waals surface area contributed by atoms with Crippen molar-refractivity contribution < 1.29 is 4.79 Å². The third-order valence-electron chi connectivity index (χ3n) is 2.69. The summed E-state index contributed by atoms with van der Waals surface area (Å²) in [5, 5.41) is 2.85. The molecule has 0 aliphatic heterocycles. The normalized spacial score (nSPS) is 10.4. The fraction of sp³-hybridized carbons (Fsp3) is 0. The first-order chi connectivity index (χ1) is 8.84. The highest BCUT2D eigenvalue weighted by molar-refractivity contribution is 6.03. The fourth-order valence-electron chi connectivity index (χ4n) is 1.85. The molecule has 88 valence electrons. The molecule has 2 heterocycles. The van der Waals surface area contributed by atoms with E-state index < -0.39 is 0 Å².